The minimum Gasteiger partial charge on any atom is -0.477 e. The third-order valence-corrected chi connectivity index (χ3v) is 4.57. The predicted molar refractivity (Wildman–Crippen MR) is 105 cm³/mol. The average Bonchev–Trinajstić information content (AvgIpc) is 2.73. The number of nitrogens with one attached hydrogen (secondary N) is 1. The zero-order valence-corrected chi connectivity index (χ0v) is 15.7. The predicted octanol–water partition coefficient (Wildman–Crippen LogP) is 2.69. The van der Waals surface area contributed by atoms with Crippen molar-refractivity contribution < 1.29 is 19.2 Å². The largest absolute Gasteiger partial charge is 0.477 e. The minimum absolute atomic E-state index is 0.0742. The summed E-state index contributed by atoms with van der Waals surface area (Å²) < 4.78 is 10.7. The highest BCUT2D eigenvalue weighted by Crippen LogP contribution is 2.25. The Hall–Kier alpha value is -3.13. The molecule has 8 heteroatoms. The van der Waals surface area contributed by atoms with Crippen LogP contribution < -0.4 is 15.0 Å². The summed E-state index contributed by atoms with van der Waals surface area (Å²) in [5.74, 6) is -0.270. The lowest BCUT2D eigenvalue weighted by Crippen LogP contribution is -2.36. The number of rotatable bonds is 7. The molecule has 0 aliphatic carbocycles. The number of ether oxygens (including phenoxy) is 2. The number of carbonyl (C=O) groups excluding carboxylic acids is 1. The van der Waals surface area contributed by atoms with E-state index in [0.717, 1.165) is 37.6 Å². The van der Waals surface area contributed by atoms with Gasteiger partial charge < -0.3 is 19.7 Å². The Morgan fingerprint density at radius 2 is 1.89 bits per heavy atom. The van der Waals surface area contributed by atoms with Crippen LogP contribution in [-0.4, -0.2) is 43.7 Å². The van der Waals surface area contributed by atoms with E-state index >= 15 is 0 Å². The number of morpholine rings is 1. The first-order chi connectivity index (χ1) is 13.5. The molecule has 148 valence electrons. The Balaban J connectivity index is 1.53. The molecular formula is C20H23N3O5. The summed E-state index contributed by atoms with van der Waals surface area (Å²) in [6.07, 6.45) is 0. The van der Waals surface area contributed by atoms with Gasteiger partial charge in [-0.1, -0.05) is 24.3 Å². The number of nitro groups is 1. The molecule has 1 heterocycles. The van der Waals surface area contributed by atoms with Gasteiger partial charge >= 0.3 is 5.69 Å². The molecule has 1 saturated heterocycles. The Morgan fingerprint density at radius 1 is 1.21 bits per heavy atom. The number of nitro benzene ring substituents is 1. The van der Waals surface area contributed by atoms with Crippen LogP contribution in [0, 0.1) is 10.1 Å². The Bertz CT molecular complexity index is 819. The van der Waals surface area contributed by atoms with Gasteiger partial charge in [-0.15, -0.1) is 0 Å². The van der Waals surface area contributed by atoms with Crippen LogP contribution in [0.25, 0.3) is 0 Å². The van der Waals surface area contributed by atoms with E-state index in [9.17, 15) is 14.9 Å². The summed E-state index contributed by atoms with van der Waals surface area (Å²) in [4.78, 5) is 24.9. The van der Waals surface area contributed by atoms with Crippen molar-refractivity contribution in [3.63, 3.8) is 0 Å². The van der Waals surface area contributed by atoms with E-state index in [-0.39, 0.29) is 30.0 Å². The van der Waals surface area contributed by atoms with Gasteiger partial charge in [0.1, 0.15) is 0 Å². The maximum absolute atomic E-state index is 12.2. The molecule has 1 aliphatic heterocycles. The molecule has 2 aromatic rings. The molecule has 0 radical (unpaired) electrons. The molecule has 1 N–H and O–H groups in total. The molecular weight excluding hydrogens is 362 g/mol. The molecule has 1 aliphatic rings. The molecule has 0 saturated carbocycles. The van der Waals surface area contributed by atoms with E-state index in [1.165, 1.54) is 12.1 Å². The van der Waals surface area contributed by atoms with E-state index < -0.39 is 4.92 Å². The molecule has 1 fully saturated rings. The first kappa shape index (κ1) is 19.6. The van der Waals surface area contributed by atoms with Crippen molar-refractivity contribution in [3.05, 3.63) is 64.2 Å². The average molecular weight is 385 g/mol. The maximum atomic E-state index is 12.2. The van der Waals surface area contributed by atoms with Gasteiger partial charge in [-0.25, -0.2) is 0 Å². The van der Waals surface area contributed by atoms with E-state index in [4.69, 9.17) is 9.47 Å². The van der Waals surface area contributed by atoms with Crippen molar-refractivity contribution in [3.8, 4) is 5.75 Å². The lowest BCUT2D eigenvalue weighted by Gasteiger charge is -2.29. The molecule has 2 aromatic carbocycles. The Labute approximate surface area is 163 Å². The molecule has 0 spiro atoms. The van der Waals surface area contributed by atoms with Crippen molar-refractivity contribution in [2.45, 2.75) is 13.0 Å². The summed E-state index contributed by atoms with van der Waals surface area (Å²) in [7, 11) is 0. The smallest absolute Gasteiger partial charge is 0.310 e. The van der Waals surface area contributed by atoms with Crippen LogP contribution in [0.15, 0.2) is 48.5 Å². The number of para-hydroxylation sites is 2. The molecule has 28 heavy (non-hydrogen) atoms. The number of hydrogen-bond acceptors (Lipinski definition) is 6. The van der Waals surface area contributed by atoms with Crippen LogP contribution >= 0.6 is 0 Å². The second-order valence-corrected chi connectivity index (χ2v) is 6.49. The summed E-state index contributed by atoms with van der Waals surface area (Å²) >= 11 is 0. The highest BCUT2D eigenvalue weighted by molar-refractivity contribution is 5.78. The van der Waals surface area contributed by atoms with Gasteiger partial charge in [-0.05, 0) is 30.7 Å². The molecule has 8 nitrogen and oxygen atoms in total. The van der Waals surface area contributed by atoms with Gasteiger partial charge in [0.15, 0.2) is 12.4 Å². The van der Waals surface area contributed by atoms with Gasteiger partial charge in [-0.3, -0.25) is 14.9 Å². The van der Waals surface area contributed by atoms with Crippen molar-refractivity contribution >= 4 is 17.3 Å². The molecule has 1 atom stereocenters. The summed E-state index contributed by atoms with van der Waals surface area (Å²) in [6, 6.07) is 13.8. The summed E-state index contributed by atoms with van der Waals surface area (Å²) in [5.41, 5.74) is 1.93. The topological polar surface area (TPSA) is 93.9 Å². The molecule has 0 bridgehead atoms. The Kier molecular flexibility index (Phi) is 6.44. The zero-order chi connectivity index (χ0) is 19.9. The standard InChI is InChI=1S/C20H23N3O5/c1-15(16-6-8-17(9-7-16)22-10-12-27-13-11-22)21-20(24)14-28-19-5-3-2-4-18(19)23(25)26/h2-9,15H,10-14H2,1H3,(H,21,24). The maximum Gasteiger partial charge on any atom is 0.310 e. The second-order valence-electron chi connectivity index (χ2n) is 6.49. The SMILES string of the molecule is CC(NC(=O)COc1ccccc1[N+](=O)[O-])c1ccc(N2CCOCC2)cc1. The fourth-order valence-corrected chi connectivity index (χ4v) is 3.04. The van der Waals surface area contributed by atoms with Crippen LogP contribution in [0.1, 0.15) is 18.5 Å². The fourth-order valence-electron chi connectivity index (χ4n) is 3.04. The molecule has 1 amide bonds. The van der Waals surface area contributed by atoms with Gasteiger partial charge in [0.05, 0.1) is 24.2 Å². The number of carbonyl (C=O) groups is 1. The fraction of sp³-hybridized carbons (Fsp3) is 0.350. The number of anilines is 1. The van der Waals surface area contributed by atoms with Crippen molar-refractivity contribution in [2.24, 2.45) is 0 Å². The molecule has 0 aromatic heterocycles. The second kappa shape index (κ2) is 9.18. The third-order valence-electron chi connectivity index (χ3n) is 4.57. The number of nitrogens with zero attached hydrogens (tertiary/aromatic N) is 2. The van der Waals surface area contributed by atoms with Gasteiger partial charge in [0.25, 0.3) is 5.91 Å². The first-order valence-electron chi connectivity index (χ1n) is 9.13. The lowest BCUT2D eigenvalue weighted by atomic mass is 10.1. The van der Waals surface area contributed by atoms with E-state index in [0.29, 0.717) is 0 Å². The highest BCUT2D eigenvalue weighted by atomic mass is 16.6. The quantitative estimate of drug-likeness (QED) is 0.582. The lowest BCUT2D eigenvalue weighted by molar-refractivity contribution is -0.385. The van der Waals surface area contributed by atoms with Crippen LogP contribution in [0.3, 0.4) is 0 Å². The van der Waals surface area contributed by atoms with Gasteiger partial charge in [0, 0.05) is 24.8 Å². The third kappa shape index (κ3) is 4.98. The van der Waals surface area contributed by atoms with Gasteiger partial charge in [-0.2, -0.15) is 0 Å². The minimum atomic E-state index is -0.536. The van der Waals surface area contributed by atoms with Crippen LogP contribution in [0.2, 0.25) is 0 Å². The zero-order valence-electron chi connectivity index (χ0n) is 15.7. The van der Waals surface area contributed by atoms with Crippen LogP contribution in [-0.2, 0) is 9.53 Å². The van der Waals surface area contributed by atoms with Gasteiger partial charge in [0.2, 0.25) is 0 Å². The van der Waals surface area contributed by atoms with Crippen LogP contribution in [0.4, 0.5) is 11.4 Å². The molecule has 3 rings (SSSR count). The van der Waals surface area contributed by atoms with E-state index in [1.54, 1.807) is 12.1 Å². The first-order valence-corrected chi connectivity index (χ1v) is 9.13. The normalized spacial score (nSPS) is 15.0. The van der Waals surface area contributed by atoms with Crippen molar-refractivity contribution in [1.82, 2.24) is 5.32 Å². The highest BCUT2D eigenvalue weighted by Gasteiger charge is 2.16. The number of amides is 1. The summed E-state index contributed by atoms with van der Waals surface area (Å²) in [6.45, 7) is 4.79. The Morgan fingerprint density at radius 3 is 2.57 bits per heavy atom. The van der Waals surface area contributed by atoms with Crippen molar-refractivity contribution in [2.75, 3.05) is 37.8 Å². The number of benzene rings is 2. The number of hydrogen-bond donors (Lipinski definition) is 1. The molecule has 1 unspecified atom stereocenters. The summed E-state index contributed by atoms with van der Waals surface area (Å²) in [5, 5.41) is 13.8. The monoisotopic (exact) mass is 385 g/mol. The van der Waals surface area contributed by atoms with Crippen molar-refractivity contribution in [1.29, 1.82) is 0 Å². The van der Waals surface area contributed by atoms with Crippen LogP contribution in [0.5, 0.6) is 5.75 Å². The van der Waals surface area contributed by atoms with E-state index in [1.807, 2.05) is 31.2 Å². The van der Waals surface area contributed by atoms with E-state index in [2.05, 4.69) is 10.2 Å².